The Morgan fingerprint density at radius 2 is 2.20 bits per heavy atom. The lowest BCUT2D eigenvalue weighted by atomic mass is 9.93. The largest absolute Gasteiger partial charge is 0.338 e. The van der Waals surface area contributed by atoms with Gasteiger partial charge in [0.25, 0.3) is 0 Å². The number of hydrogen-bond acceptors (Lipinski definition) is 7. The van der Waals surface area contributed by atoms with E-state index in [1.807, 2.05) is 11.9 Å². The molecule has 1 fully saturated rings. The van der Waals surface area contributed by atoms with Gasteiger partial charge < -0.3 is 9.84 Å². The maximum absolute atomic E-state index is 12.3. The number of anilines is 1. The van der Waals surface area contributed by atoms with Crippen molar-refractivity contribution >= 4 is 22.4 Å². The van der Waals surface area contributed by atoms with Crippen LogP contribution in [0.2, 0.25) is 0 Å². The molecule has 2 aliphatic carbocycles. The van der Waals surface area contributed by atoms with E-state index < -0.39 is 0 Å². The molecule has 1 saturated carbocycles. The highest BCUT2D eigenvalue weighted by atomic mass is 32.1. The van der Waals surface area contributed by atoms with Gasteiger partial charge in [0.05, 0.1) is 18.8 Å². The summed E-state index contributed by atoms with van der Waals surface area (Å²) in [5.41, 5.74) is 1.16. The summed E-state index contributed by atoms with van der Waals surface area (Å²) in [6.07, 6.45) is 5.56. The third kappa shape index (κ3) is 4.07. The molecule has 134 valence electrons. The van der Waals surface area contributed by atoms with Crippen LogP contribution in [0.25, 0.3) is 0 Å². The summed E-state index contributed by atoms with van der Waals surface area (Å²) in [5, 5.41) is 7.64. The third-order valence-electron chi connectivity index (χ3n) is 4.68. The number of hydrogen-bond donors (Lipinski definition) is 1. The number of carbonyl (C=O) groups excluding carboxylic acids is 1. The summed E-state index contributed by atoms with van der Waals surface area (Å²) in [6, 6.07) is 0. The minimum atomic E-state index is -0.0661. The van der Waals surface area contributed by atoms with Gasteiger partial charge in [0.1, 0.15) is 0 Å². The smallest absolute Gasteiger partial charge is 0.240 e. The van der Waals surface area contributed by atoms with Crippen LogP contribution in [0, 0.1) is 5.92 Å². The van der Waals surface area contributed by atoms with Gasteiger partial charge in [-0.3, -0.25) is 9.69 Å². The van der Waals surface area contributed by atoms with Gasteiger partial charge in [-0.15, -0.1) is 11.3 Å². The van der Waals surface area contributed by atoms with Gasteiger partial charge in [0, 0.05) is 10.8 Å². The molecule has 0 spiro atoms. The Morgan fingerprint density at radius 3 is 3.00 bits per heavy atom. The molecule has 1 amide bonds. The Labute approximate surface area is 150 Å². The lowest BCUT2D eigenvalue weighted by Crippen LogP contribution is -2.29. The van der Waals surface area contributed by atoms with Crippen molar-refractivity contribution in [3.05, 3.63) is 22.3 Å². The van der Waals surface area contributed by atoms with Gasteiger partial charge in [-0.2, -0.15) is 4.98 Å². The van der Waals surface area contributed by atoms with Crippen molar-refractivity contribution in [1.82, 2.24) is 20.0 Å². The maximum atomic E-state index is 12.3. The number of nitrogens with zero attached hydrogens (tertiary/aromatic N) is 4. The SMILES string of the molecule is C[C@@H]1CCc2nc(NC(=O)CN(C)Cc3nc(C4CC4)no3)sc2C1. The van der Waals surface area contributed by atoms with Crippen LogP contribution in [0.3, 0.4) is 0 Å². The minimum Gasteiger partial charge on any atom is -0.338 e. The molecule has 0 bridgehead atoms. The summed E-state index contributed by atoms with van der Waals surface area (Å²) in [7, 11) is 1.87. The molecule has 4 rings (SSSR count). The fourth-order valence-corrected chi connectivity index (χ4v) is 4.31. The zero-order chi connectivity index (χ0) is 17.4. The first-order chi connectivity index (χ1) is 12.1. The molecule has 25 heavy (non-hydrogen) atoms. The molecule has 2 aromatic rings. The van der Waals surface area contributed by atoms with Gasteiger partial charge in [0.15, 0.2) is 11.0 Å². The minimum absolute atomic E-state index is 0.0661. The number of aromatic nitrogens is 3. The van der Waals surface area contributed by atoms with E-state index in [0.717, 1.165) is 37.2 Å². The van der Waals surface area contributed by atoms with E-state index in [0.29, 0.717) is 29.4 Å². The molecule has 1 N–H and O–H groups in total. The number of thiazole rings is 1. The van der Waals surface area contributed by atoms with Crippen LogP contribution >= 0.6 is 11.3 Å². The highest BCUT2D eigenvalue weighted by molar-refractivity contribution is 7.15. The lowest BCUT2D eigenvalue weighted by molar-refractivity contribution is -0.117. The van der Waals surface area contributed by atoms with Crippen LogP contribution in [0.15, 0.2) is 4.52 Å². The van der Waals surface area contributed by atoms with Crippen LogP contribution in [0.5, 0.6) is 0 Å². The van der Waals surface area contributed by atoms with E-state index in [9.17, 15) is 4.79 Å². The van der Waals surface area contributed by atoms with Crippen LogP contribution in [0.4, 0.5) is 5.13 Å². The molecule has 8 heteroatoms. The number of likely N-dealkylation sites (N-methyl/N-ethyl adjacent to an activating group) is 1. The molecule has 2 aromatic heterocycles. The Morgan fingerprint density at radius 1 is 1.36 bits per heavy atom. The van der Waals surface area contributed by atoms with E-state index in [-0.39, 0.29) is 12.5 Å². The van der Waals surface area contributed by atoms with Crippen molar-refractivity contribution in [2.24, 2.45) is 5.92 Å². The quantitative estimate of drug-likeness (QED) is 0.851. The Kier molecular flexibility index (Phi) is 4.56. The predicted octanol–water partition coefficient (Wildman–Crippen LogP) is 2.60. The molecule has 0 unspecified atom stereocenters. The Hall–Kier alpha value is -1.80. The van der Waals surface area contributed by atoms with Crippen molar-refractivity contribution in [2.75, 3.05) is 18.9 Å². The second-order valence-corrected chi connectivity index (χ2v) is 8.36. The first kappa shape index (κ1) is 16.7. The number of amides is 1. The summed E-state index contributed by atoms with van der Waals surface area (Å²) >= 11 is 1.61. The monoisotopic (exact) mass is 361 g/mol. The van der Waals surface area contributed by atoms with Crippen LogP contribution in [-0.4, -0.2) is 39.5 Å². The van der Waals surface area contributed by atoms with Crippen molar-refractivity contribution in [3.8, 4) is 0 Å². The molecule has 2 aliphatic rings. The van der Waals surface area contributed by atoms with E-state index in [4.69, 9.17) is 4.52 Å². The normalized spacial score (nSPS) is 19.9. The summed E-state index contributed by atoms with van der Waals surface area (Å²) < 4.78 is 5.26. The van der Waals surface area contributed by atoms with Crippen LogP contribution in [-0.2, 0) is 24.2 Å². The number of carbonyl (C=O) groups is 1. The first-order valence-electron chi connectivity index (χ1n) is 8.86. The molecular formula is C17H23N5O2S. The van der Waals surface area contributed by atoms with Crippen molar-refractivity contribution in [3.63, 3.8) is 0 Å². The van der Waals surface area contributed by atoms with Crippen molar-refractivity contribution in [1.29, 1.82) is 0 Å². The van der Waals surface area contributed by atoms with Gasteiger partial charge in [-0.05, 0) is 45.1 Å². The zero-order valence-corrected chi connectivity index (χ0v) is 15.4. The molecule has 2 heterocycles. The standard InChI is InChI=1S/C17H23N5O2S/c1-10-3-6-12-13(7-10)25-17(18-12)19-14(23)8-22(2)9-15-20-16(21-24-15)11-4-5-11/h10-11H,3-9H2,1-2H3,(H,18,19,23)/t10-/m1/s1. The first-order valence-corrected chi connectivity index (χ1v) is 9.68. The molecule has 0 aliphatic heterocycles. The van der Waals surface area contributed by atoms with E-state index in [1.165, 1.54) is 11.3 Å². The van der Waals surface area contributed by atoms with Gasteiger partial charge in [0.2, 0.25) is 11.8 Å². The van der Waals surface area contributed by atoms with Crippen LogP contribution in [0.1, 0.15) is 54.4 Å². The molecule has 7 nitrogen and oxygen atoms in total. The summed E-state index contributed by atoms with van der Waals surface area (Å²) in [4.78, 5) is 24.4. The molecule has 1 atom stereocenters. The van der Waals surface area contributed by atoms with E-state index in [1.54, 1.807) is 11.3 Å². The molecule has 0 radical (unpaired) electrons. The van der Waals surface area contributed by atoms with Gasteiger partial charge >= 0.3 is 0 Å². The number of rotatable bonds is 6. The van der Waals surface area contributed by atoms with E-state index in [2.05, 4.69) is 27.4 Å². The second kappa shape index (κ2) is 6.84. The molecule has 0 saturated heterocycles. The van der Waals surface area contributed by atoms with Crippen molar-refractivity contribution < 1.29 is 9.32 Å². The second-order valence-electron chi connectivity index (χ2n) is 7.28. The topological polar surface area (TPSA) is 84.2 Å². The highest BCUT2D eigenvalue weighted by Crippen LogP contribution is 2.38. The number of nitrogens with one attached hydrogen (secondary N) is 1. The highest BCUT2D eigenvalue weighted by Gasteiger charge is 2.29. The third-order valence-corrected chi connectivity index (χ3v) is 5.71. The molecular weight excluding hydrogens is 338 g/mol. The van der Waals surface area contributed by atoms with Gasteiger partial charge in [-0.25, -0.2) is 4.98 Å². The number of fused-ring (bicyclic) bond motifs is 1. The average molecular weight is 361 g/mol. The summed E-state index contributed by atoms with van der Waals surface area (Å²) in [6.45, 7) is 3.00. The zero-order valence-electron chi connectivity index (χ0n) is 14.6. The number of aryl methyl sites for hydroxylation is 1. The molecule has 0 aromatic carbocycles. The Bertz CT molecular complexity index is 767. The summed E-state index contributed by atoms with van der Waals surface area (Å²) in [5.74, 6) is 2.48. The fourth-order valence-electron chi connectivity index (χ4n) is 3.12. The average Bonchev–Trinajstić information content (AvgIpc) is 3.17. The lowest BCUT2D eigenvalue weighted by Gasteiger charge is -2.15. The van der Waals surface area contributed by atoms with E-state index >= 15 is 0 Å². The predicted molar refractivity (Wildman–Crippen MR) is 94.5 cm³/mol. The van der Waals surface area contributed by atoms with Crippen LogP contribution < -0.4 is 5.32 Å². The van der Waals surface area contributed by atoms with Crippen molar-refractivity contribution in [2.45, 2.75) is 51.5 Å². The fraction of sp³-hybridized carbons (Fsp3) is 0.647. The maximum Gasteiger partial charge on any atom is 0.240 e. The van der Waals surface area contributed by atoms with Gasteiger partial charge in [-0.1, -0.05) is 12.1 Å². The Balaban J connectivity index is 1.29.